The Kier molecular flexibility index (Phi) is 11.4. The molecule has 0 spiro atoms. The van der Waals surface area contributed by atoms with E-state index in [-0.39, 0.29) is 11.3 Å². The molecule has 0 aliphatic heterocycles. The molecular formula is C25H42N2O5S. The topological polar surface area (TPSA) is 85.9 Å². The second kappa shape index (κ2) is 13.0. The number of alkyl carbamates (subject to hydrolysis) is 2. The maximum atomic E-state index is 12.6. The van der Waals surface area contributed by atoms with Gasteiger partial charge in [0.15, 0.2) is 0 Å². The van der Waals surface area contributed by atoms with Crippen LogP contribution in [0.25, 0.3) is 0 Å². The molecule has 2 atom stereocenters. The fourth-order valence-corrected chi connectivity index (χ4v) is 4.22. The van der Waals surface area contributed by atoms with Gasteiger partial charge in [0.25, 0.3) is 0 Å². The van der Waals surface area contributed by atoms with E-state index in [1.807, 2.05) is 65.8 Å². The zero-order valence-electron chi connectivity index (χ0n) is 21.6. The number of ether oxygens (including phenoxy) is 3. The highest BCUT2D eigenvalue weighted by Gasteiger charge is 2.28. The first-order valence-electron chi connectivity index (χ1n) is 11.4. The first kappa shape index (κ1) is 28.9. The Bertz CT molecular complexity index is 739. The van der Waals surface area contributed by atoms with Crippen LogP contribution in [0.1, 0.15) is 67.4 Å². The van der Waals surface area contributed by atoms with Crippen molar-refractivity contribution in [1.29, 1.82) is 0 Å². The summed E-state index contributed by atoms with van der Waals surface area (Å²) in [5.41, 5.74) is -0.0434. The van der Waals surface area contributed by atoms with Crippen LogP contribution in [0.5, 0.6) is 5.75 Å². The van der Waals surface area contributed by atoms with Gasteiger partial charge < -0.3 is 24.8 Å². The summed E-state index contributed by atoms with van der Waals surface area (Å²) in [5, 5.41) is 5.82. The average molecular weight is 483 g/mol. The van der Waals surface area contributed by atoms with Gasteiger partial charge in [0.1, 0.15) is 17.0 Å². The molecule has 2 N–H and O–H groups in total. The molecule has 2 unspecified atom stereocenters. The Morgan fingerprint density at radius 1 is 0.939 bits per heavy atom. The summed E-state index contributed by atoms with van der Waals surface area (Å²) in [5.74, 6) is 1.86. The highest BCUT2D eigenvalue weighted by molar-refractivity contribution is 7.99. The normalized spacial score (nSPS) is 13.8. The first-order valence-corrected chi connectivity index (χ1v) is 12.4. The van der Waals surface area contributed by atoms with Gasteiger partial charge in [-0.1, -0.05) is 26.0 Å². The maximum Gasteiger partial charge on any atom is 0.407 e. The number of nitrogens with one attached hydrogen (secondary N) is 2. The first-order chi connectivity index (χ1) is 15.2. The average Bonchev–Trinajstić information content (AvgIpc) is 2.64. The minimum atomic E-state index is -0.590. The number of methoxy groups -OCH3 is 1. The predicted octanol–water partition coefficient (Wildman–Crippen LogP) is 5.76. The largest absolute Gasteiger partial charge is 0.497 e. The van der Waals surface area contributed by atoms with Gasteiger partial charge in [0.2, 0.25) is 0 Å². The molecule has 0 saturated carbocycles. The van der Waals surface area contributed by atoms with Gasteiger partial charge in [-0.2, -0.15) is 0 Å². The molecular weight excluding hydrogens is 440 g/mol. The van der Waals surface area contributed by atoms with Crippen LogP contribution in [0, 0.1) is 5.92 Å². The van der Waals surface area contributed by atoms with Crippen molar-refractivity contribution < 1.29 is 23.8 Å². The summed E-state index contributed by atoms with van der Waals surface area (Å²) in [4.78, 5) is 24.9. The highest BCUT2D eigenvalue weighted by atomic mass is 32.2. The molecule has 1 aromatic carbocycles. The molecule has 0 aliphatic rings. The Balaban J connectivity index is 2.98. The van der Waals surface area contributed by atoms with E-state index in [9.17, 15) is 9.59 Å². The number of rotatable bonds is 10. The van der Waals surface area contributed by atoms with Crippen molar-refractivity contribution in [1.82, 2.24) is 10.6 Å². The maximum absolute atomic E-state index is 12.6. The van der Waals surface area contributed by atoms with Crippen LogP contribution in [0.2, 0.25) is 0 Å². The number of thioether (sulfide) groups is 1. The molecule has 0 aromatic heterocycles. The number of carbonyl (C=O) groups is 2. The van der Waals surface area contributed by atoms with E-state index in [0.717, 1.165) is 23.5 Å². The minimum Gasteiger partial charge on any atom is -0.497 e. The van der Waals surface area contributed by atoms with Crippen LogP contribution in [-0.2, 0) is 15.2 Å². The molecule has 0 radical (unpaired) electrons. The quantitative estimate of drug-likeness (QED) is 0.441. The summed E-state index contributed by atoms with van der Waals surface area (Å²) in [6.07, 6.45) is -0.186. The van der Waals surface area contributed by atoms with Gasteiger partial charge in [0.05, 0.1) is 7.11 Å². The van der Waals surface area contributed by atoms with Crippen molar-refractivity contribution in [3.63, 3.8) is 0 Å². The SMILES string of the molecule is COc1ccc(CSC(CNC(=O)OC(C)(C)C)C(CC(C)C)NC(=O)OC(C)(C)C)cc1. The summed E-state index contributed by atoms with van der Waals surface area (Å²) in [7, 11) is 1.64. The van der Waals surface area contributed by atoms with Gasteiger partial charge in [-0.05, 0) is 71.6 Å². The zero-order chi connectivity index (χ0) is 25.2. The lowest BCUT2D eigenvalue weighted by molar-refractivity contribution is 0.0496. The summed E-state index contributed by atoms with van der Waals surface area (Å²) >= 11 is 1.68. The Morgan fingerprint density at radius 2 is 1.48 bits per heavy atom. The molecule has 0 aliphatic carbocycles. The van der Waals surface area contributed by atoms with E-state index < -0.39 is 23.4 Å². The second-order valence-electron chi connectivity index (χ2n) is 10.5. The van der Waals surface area contributed by atoms with E-state index >= 15 is 0 Å². The lowest BCUT2D eigenvalue weighted by Crippen LogP contribution is -2.49. The molecule has 188 valence electrons. The van der Waals surface area contributed by atoms with Gasteiger partial charge in [-0.25, -0.2) is 9.59 Å². The third-order valence-electron chi connectivity index (χ3n) is 4.35. The van der Waals surface area contributed by atoms with Crippen molar-refractivity contribution in [2.24, 2.45) is 5.92 Å². The van der Waals surface area contributed by atoms with E-state index in [1.165, 1.54) is 0 Å². The zero-order valence-corrected chi connectivity index (χ0v) is 22.4. The number of hydrogen-bond donors (Lipinski definition) is 2. The second-order valence-corrected chi connectivity index (χ2v) is 11.7. The van der Waals surface area contributed by atoms with Crippen molar-refractivity contribution in [3.8, 4) is 5.75 Å². The number of hydrogen-bond acceptors (Lipinski definition) is 6. The number of carbonyl (C=O) groups excluding carboxylic acids is 2. The van der Waals surface area contributed by atoms with Crippen LogP contribution in [0.3, 0.4) is 0 Å². The molecule has 7 nitrogen and oxygen atoms in total. The van der Waals surface area contributed by atoms with Crippen molar-refractivity contribution in [2.45, 2.75) is 90.1 Å². The minimum absolute atomic E-state index is 0.0884. The van der Waals surface area contributed by atoms with Crippen LogP contribution in [0.4, 0.5) is 9.59 Å². The van der Waals surface area contributed by atoms with E-state index in [2.05, 4.69) is 24.5 Å². The van der Waals surface area contributed by atoms with Gasteiger partial charge in [-0.3, -0.25) is 0 Å². The van der Waals surface area contributed by atoms with Crippen LogP contribution in [-0.4, -0.2) is 48.3 Å². The Hall–Kier alpha value is -2.09. The van der Waals surface area contributed by atoms with Crippen LogP contribution in [0.15, 0.2) is 24.3 Å². The molecule has 2 amide bonds. The van der Waals surface area contributed by atoms with Gasteiger partial charge >= 0.3 is 12.2 Å². The predicted molar refractivity (Wildman–Crippen MR) is 135 cm³/mol. The fraction of sp³-hybridized carbons (Fsp3) is 0.680. The molecule has 0 bridgehead atoms. The van der Waals surface area contributed by atoms with Crippen LogP contribution < -0.4 is 15.4 Å². The Labute approximate surface area is 203 Å². The van der Waals surface area contributed by atoms with E-state index in [0.29, 0.717) is 12.5 Å². The molecule has 33 heavy (non-hydrogen) atoms. The molecule has 0 saturated heterocycles. The fourth-order valence-electron chi connectivity index (χ4n) is 3.01. The smallest absolute Gasteiger partial charge is 0.407 e. The molecule has 0 fully saturated rings. The van der Waals surface area contributed by atoms with Crippen molar-refractivity contribution in [2.75, 3.05) is 13.7 Å². The molecule has 1 aromatic rings. The molecule has 1 rings (SSSR count). The number of amides is 2. The lowest BCUT2D eigenvalue weighted by Gasteiger charge is -2.31. The van der Waals surface area contributed by atoms with Crippen molar-refractivity contribution >= 4 is 23.9 Å². The summed E-state index contributed by atoms with van der Waals surface area (Å²) in [6, 6.07) is 7.69. The lowest BCUT2D eigenvalue weighted by atomic mass is 10.0. The molecule has 8 heteroatoms. The molecule has 0 heterocycles. The third kappa shape index (κ3) is 13.3. The third-order valence-corrected chi connectivity index (χ3v) is 5.77. The van der Waals surface area contributed by atoms with Crippen LogP contribution >= 0.6 is 11.8 Å². The summed E-state index contributed by atoms with van der Waals surface area (Å²) in [6.45, 7) is 15.6. The van der Waals surface area contributed by atoms with E-state index in [1.54, 1.807) is 18.9 Å². The Morgan fingerprint density at radius 3 is 1.97 bits per heavy atom. The van der Waals surface area contributed by atoms with Gasteiger partial charge in [-0.15, -0.1) is 11.8 Å². The van der Waals surface area contributed by atoms with Crippen molar-refractivity contribution in [3.05, 3.63) is 29.8 Å². The monoisotopic (exact) mass is 482 g/mol. The standard InChI is InChI=1S/C25H42N2O5S/c1-17(2)14-20(27-23(29)32-25(6,7)8)21(15-26-22(28)31-24(3,4)5)33-16-18-10-12-19(30-9)13-11-18/h10-13,17,20-21H,14-16H2,1-9H3,(H,26,28)(H,27,29). The highest BCUT2D eigenvalue weighted by Crippen LogP contribution is 2.25. The van der Waals surface area contributed by atoms with E-state index in [4.69, 9.17) is 14.2 Å². The summed E-state index contributed by atoms with van der Waals surface area (Å²) < 4.78 is 16.1. The number of benzene rings is 1. The van der Waals surface area contributed by atoms with Gasteiger partial charge in [0, 0.05) is 23.6 Å².